The summed E-state index contributed by atoms with van der Waals surface area (Å²) in [6.07, 6.45) is -3.29. The first kappa shape index (κ1) is 11.2. The Hall–Kier alpha value is -0.860. The van der Waals surface area contributed by atoms with Gasteiger partial charge in [-0.05, 0) is 22.6 Å². The van der Waals surface area contributed by atoms with Gasteiger partial charge in [0.15, 0.2) is 6.29 Å². The summed E-state index contributed by atoms with van der Waals surface area (Å²) in [7, 11) is 0. The lowest BCUT2D eigenvalue weighted by Gasteiger charge is -2.09. The Balaban J connectivity index is 3.01. The number of alkyl halides is 3. The van der Waals surface area contributed by atoms with Crippen LogP contribution < -0.4 is 4.74 Å². The van der Waals surface area contributed by atoms with Crippen LogP contribution in [0.1, 0.15) is 10.5 Å². The average Bonchev–Trinajstić information content (AvgIpc) is 2.06. The maximum atomic E-state index is 11.8. The summed E-state index contributed by atoms with van der Waals surface area (Å²) in [5.74, 6) is -0.421. The number of aldehydes is 1. The van der Waals surface area contributed by atoms with E-state index in [0.29, 0.717) is 6.29 Å². The summed E-state index contributed by atoms with van der Waals surface area (Å²) in [6, 6.07) is 0.933. The van der Waals surface area contributed by atoms with Gasteiger partial charge in [0, 0.05) is 12.3 Å². The van der Waals surface area contributed by atoms with Gasteiger partial charge in [-0.25, -0.2) is 0 Å². The van der Waals surface area contributed by atoms with Crippen molar-refractivity contribution in [1.82, 2.24) is 4.98 Å². The molecular formula is C7H3F3INO2. The first-order chi connectivity index (χ1) is 6.42. The van der Waals surface area contributed by atoms with Crippen LogP contribution in [0.4, 0.5) is 13.2 Å². The van der Waals surface area contributed by atoms with E-state index in [1.165, 1.54) is 0 Å². The van der Waals surface area contributed by atoms with Gasteiger partial charge in [-0.3, -0.25) is 9.78 Å². The van der Waals surface area contributed by atoms with Crippen molar-refractivity contribution in [3.8, 4) is 5.75 Å². The molecule has 0 aromatic carbocycles. The zero-order valence-corrected chi connectivity index (χ0v) is 8.67. The molecule has 7 heteroatoms. The van der Waals surface area contributed by atoms with Crippen molar-refractivity contribution in [3.63, 3.8) is 0 Å². The topological polar surface area (TPSA) is 39.2 Å². The highest BCUT2D eigenvalue weighted by molar-refractivity contribution is 14.1. The van der Waals surface area contributed by atoms with Gasteiger partial charge in [-0.1, -0.05) is 0 Å². The number of pyridine rings is 1. The van der Waals surface area contributed by atoms with E-state index in [9.17, 15) is 18.0 Å². The summed E-state index contributed by atoms with van der Waals surface area (Å²) in [5.41, 5.74) is -0.107. The van der Waals surface area contributed by atoms with Crippen molar-refractivity contribution in [2.24, 2.45) is 0 Å². The molecule has 0 atom stereocenters. The lowest BCUT2D eigenvalue weighted by Crippen LogP contribution is -2.18. The maximum absolute atomic E-state index is 11.8. The molecule has 0 spiro atoms. The smallest absolute Gasteiger partial charge is 0.405 e. The molecule has 0 unspecified atom stereocenters. The lowest BCUT2D eigenvalue weighted by molar-refractivity contribution is -0.275. The van der Waals surface area contributed by atoms with Crippen LogP contribution in [0.15, 0.2) is 12.3 Å². The van der Waals surface area contributed by atoms with Gasteiger partial charge in [0.1, 0.15) is 11.4 Å². The van der Waals surface area contributed by atoms with E-state index >= 15 is 0 Å². The predicted octanol–water partition coefficient (Wildman–Crippen LogP) is 2.40. The molecule has 0 N–H and O–H groups in total. The van der Waals surface area contributed by atoms with Gasteiger partial charge in [0.05, 0.1) is 3.57 Å². The molecule has 1 aromatic rings. The SMILES string of the molecule is O=Cc1cc(OC(F)(F)F)c(I)cn1. The molecule has 1 aromatic heterocycles. The summed E-state index contributed by atoms with van der Waals surface area (Å²) in [4.78, 5) is 13.8. The number of carbonyl (C=O) groups is 1. The molecule has 0 amide bonds. The second kappa shape index (κ2) is 4.11. The van der Waals surface area contributed by atoms with Crippen molar-refractivity contribution >= 4 is 28.9 Å². The Morgan fingerprint density at radius 2 is 2.14 bits per heavy atom. The van der Waals surface area contributed by atoms with Crippen LogP contribution in [0.2, 0.25) is 0 Å². The fourth-order valence-electron chi connectivity index (χ4n) is 0.703. The highest BCUT2D eigenvalue weighted by Crippen LogP contribution is 2.27. The number of aromatic nitrogens is 1. The number of hydrogen-bond donors (Lipinski definition) is 0. The van der Waals surface area contributed by atoms with E-state index in [2.05, 4.69) is 9.72 Å². The Bertz CT molecular complexity index is 353. The van der Waals surface area contributed by atoms with Crippen LogP contribution in [0, 0.1) is 3.57 Å². The van der Waals surface area contributed by atoms with E-state index in [1.54, 1.807) is 22.6 Å². The molecule has 1 rings (SSSR count). The number of rotatable bonds is 2. The molecule has 0 fully saturated rings. The monoisotopic (exact) mass is 317 g/mol. The minimum absolute atomic E-state index is 0.107. The number of ether oxygens (including phenoxy) is 1. The van der Waals surface area contributed by atoms with Gasteiger partial charge in [-0.15, -0.1) is 13.2 Å². The minimum Gasteiger partial charge on any atom is -0.405 e. The normalized spacial score (nSPS) is 11.1. The van der Waals surface area contributed by atoms with Crippen molar-refractivity contribution in [2.45, 2.75) is 6.36 Å². The summed E-state index contributed by atoms with van der Waals surface area (Å²) in [5, 5.41) is 0. The Morgan fingerprint density at radius 3 is 2.64 bits per heavy atom. The number of hydrogen-bond acceptors (Lipinski definition) is 3. The highest BCUT2D eigenvalue weighted by Gasteiger charge is 2.32. The third-order valence-electron chi connectivity index (χ3n) is 1.19. The molecular weight excluding hydrogens is 314 g/mol. The zero-order chi connectivity index (χ0) is 10.8. The lowest BCUT2D eigenvalue weighted by atomic mass is 10.3. The molecule has 0 radical (unpaired) electrons. The molecule has 0 aliphatic rings. The molecule has 3 nitrogen and oxygen atoms in total. The van der Waals surface area contributed by atoms with Gasteiger partial charge >= 0.3 is 6.36 Å². The first-order valence-corrected chi connectivity index (χ1v) is 4.37. The summed E-state index contributed by atoms with van der Waals surface area (Å²) in [6.45, 7) is 0. The largest absolute Gasteiger partial charge is 0.573 e. The fourth-order valence-corrected chi connectivity index (χ4v) is 1.11. The van der Waals surface area contributed by atoms with E-state index < -0.39 is 12.1 Å². The predicted molar refractivity (Wildman–Crippen MR) is 49.0 cm³/mol. The van der Waals surface area contributed by atoms with Gasteiger partial charge < -0.3 is 4.74 Å². The second-order valence-corrected chi connectivity index (χ2v) is 3.37. The van der Waals surface area contributed by atoms with E-state index in [0.717, 1.165) is 12.3 Å². The van der Waals surface area contributed by atoms with Crippen LogP contribution in [-0.2, 0) is 0 Å². The van der Waals surface area contributed by atoms with Gasteiger partial charge in [0.2, 0.25) is 0 Å². The molecule has 14 heavy (non-hydrogen) atoms. The standard InChI is InChI=1S/C7H3F3INO2/c8-7(9,10)14-6-1-4(3-13)12-2-5(6)11/h1-3H. The van der Waals surface area contributed by atoms with Crippen molar-refractivity contribution in [1.29, 1.82) is 0 Å². The third kappa shape index (κ3) is 3.13. The maximum Gasteiger partial charge on any atom is 0.573 e. The van der Waals surface area contributed by atoms with E-state index in [4.69, 9.17) is 0 Å². The Morgan fingerprint density at radius 1 is 1.50 bits per heavy atom. The molecule has 0 bridgehead atoms. The quantitative estimate of drug-likeness (QED) is 0.621. The van der Waals surface area contributed by atoms with Crippen LogP contribution in [0.25, 0.3) is 0 Å². The zero-order valence-electron chi connectivity index (χ0n) is 6.51. The Labute approximate surface area is 90.4 Å². The number of nitrogens with zero attached hydrogens (tertiary/aromatic N) is 1. The van der Waals surface area contributed by atoms with Crippen LogP contribution in [0.3, 0.4) is 0 Å². The van der Waals surface area contributed by atoms with E-state index in [1.807, 2.05) is 0 Å². The molecule has 76 valence electrons. The highest BCUT2D eigenvalue weighted by atomic mass is 127. The molecule has 0 aliphatic heterocycles. The minimum atomic E-state index is -4.76. The van der Waals surface area contributed by atoms with Gasteiger partial charge in [0.25, 0.3) is 0 Å². The van der Waals surface area contributed by atoms with Gasteiger partial charge in [-0.2, -0.15) is 0 Å². The molecule has 0 aliphatic carbocycles. The van der Waals surface area contributed by atoms with E-state index in [-0.39, 0.29) is 9.26 Å². The number of carbonyl (C=O) groups excluding carboxylic acids is 1. The van der Waals surface area contributed by atoms with Crippen LogP contribution in [-0.4, -0.2) is 17.6 Å². The second-order valence-electron chi connectivity index (χ2n) is 2.21. The Kier molecular flexibility index (Phi) is 3.29. The summed E-state index contributed by atoms with van der Waals surface area (Å²) >= 11 is 1.63. The molecule has 1 heterocycles. The van der Waals surface area contributed by atoms with Crippen LogP contribution in [0.5, 0.6) is 5.75 Å². The molecule has 0 saturated carbocycles. The third-order valence-corrected chi connectivity index (χ3v) is 2.00. The number of halogens is 4. The van der Waals surface area contributed by atoms with Crippen molar-refractivity contribution in [2.75, 3.05) is 0 Å². The summed E-state index contributed by atoms with van der Waals surface area (Å²) < 4.78 is 39.3. The van der Waals surface area contributed by atoms with Crippen molar-refractivity contribution < 1.29 is 22.7 Å². The van der Waals surface area contributed by atoms with Crippen molar-refractivity contribution in [3.05, 3.63) is 21.5 Å². The molecule has 0 saturated heterocycles. The average molecular weight is 317 g/mol. The van der Waals surface area contributed by atoms with Crippen LogP contribution >= 0.6 is 22.6 Å². The first-order valence-electron chi connectivity index (χ1n) is 3.29. The fraction of sp³-hybridized carbons (Fsp3) is 0.143.